The zero-order valence-corrected chi connectivity index (χ0v) is 14.9. The molecule has 8 heteroatoms. The van der Waals surface area contributed by atoms with E-state index in [0.717, 1.165) is 21.3 Å². The minimum absolute atomic E-state index is 0.195. The monoisotopic (exact) mass is 362 g/mol. The van der Waals surface area contributed by atoms with Crippen LogP contribution in [-0.2, 0) is 0 Å². The Morgan fingerprint density at radius 3 is 2.38 bits per heavy atom. The van der Waals surface area contributed by atoms with E-state index in [1.165, 1.54) is 11.3 Å². The smallest absolute Gasteiger partial charge is 0.222 e. The average molecular weight is 363 g/mol. The van der Waals surface area contributed by atoms with Gasteiger partial charge in [0.05, 0.1) is 30.5 Å². The highest BCUT2D eigenvalue weighted by Crippen LogP contribution is 2.40. The molecular weight excluding hydrogens is 348 g/mol. The summed E-state index contributed by atoms with van der Waals surface area (Å²) in [6, 6.07) is 7.43. The molecule has 0 unspecified atom stereocenters. The van der Waals surface area contributed by atoms with Gasteiger partial charge in [-0.05, 0) is 29.8 Å². The maximum Gasteiger partial charge on any atom is 0.222 e. The quantitative estimate of drug-likeness (QED) is 0.692. The minimum Gasteiger partial charge on any atom is -0.497 e. The molecule has 2 heterocycles. The van der Waals surface area contributed by atoms with Gasteiger partial charge in [-0.2, -0.15) is 0 Å². The van der Waals surface area contributed by atoms with Crippen molar-refractivity contribution in [2.45, 2.75) is 0 Å². The van der Waals surface area contributed by atoms with Crippen molar-refractivity contribution in [3.05, 3.63) is 35.7 Å². The first-order chi connectivity index (χ1) is 11.6. The van der Waals surface area contributed by atoms with Gasteiger partial charge in [-0.3, -0.25) is 0 Å². The molecule has 0 saturated heterocycles. The second-order valence-corrected chi connectivity index (χ2v) is 6.10. The van der Waals surface area contributed by atoms with Crippen LogP contribution in [0.4, 0.5) is 5.13 Å². The highest BCUT2D eigenvalue weighted by molar-refractivity contribution is 7.19. The van der Waals surface area contributed by atoms with Gasteiger partial charge in [-0.1, -0.05) is 11.3 Å². The summed E-state index contributed by atoms with van der Waals surface area (Å²) in [5, 5.41) is 4.04. The Bertz CT molecular complexity index is 847. The van der Waals surface area contributed by atoms with Crippen LogP contribution in [0, 0.1) is 0 Å². The number of benzene rings is 1. The highest BCUT2D eigenvalue weighted by Gasteiger charge is 2.17. The standard InChI is InChI=1S/C16H15ClN4O2S/c1-18-16-21-13(9-6-10(22-2)8-11(7-9)23-3)14(24-16)12-4-5-19-15(17)20-12/h4-8H,1-3H3,(H,18,21). The topological polar surface area (TPSA) is 69.2 Å². The number of rotatable bonds is 5. The number of hydrogen-bond acceptors (Lipinski definition) is 7. The number of halogens is 1. The van der Waals surface area contributed by atoms with Crippen LogP contribution in [0.1, 0.15) is 0 Å². The fourth-order valence-electron chi connectivity index (χ4n) is 2.20. The molecule has 0 bridgehead atoms. The first kappa shape index (κ1) is 16.5. The Morgan fingerprint density at radius 1 is 1.08 bits per heavy atom. The van der Waals surface area contributed by atoms with E-state index >= 15 is 0 Å². The molecule has 0 saturated carbocycles. The van der Waals surface area contributed by atoms with Crippen LogP contribution >= 0.6 is 22.9 Å². The van der Waals surface area contributed by atoms with Crippen LogP contribution in [0.25, 0.3) is 21.8 Å². The number of aromatic nitrogens is 3. The van der Waals surface area contributed by atoms with Crippen LogP contribution in [0.15, 0.2) is 30.5 Å². The van der Waals surface area contributed by atoms with Gasteiger partial charge in [-0.15, -0.1) is 0 Å². The van der Waals surface area contributed by atoms with Crippen LogP contribution < -0.4 is 14.8 Å². The van der Waals surface area contributed by atoms with E-state index in [1.54, 1.807) is 26.5 Å². The van der Waals surface area contributed by atoms with Gasteiger partial charge in [-0.25, -0.2) is 15.0 Å². The minimum atomic E-state index is 0.195. The van der Waals surface area contributed by atoms with Gasteiger partial charge >= 0.3 is 0 Å². The SMILES string of the molecule is CNc1nc(-c2cc(OC)cc(OC)c2)c(-c2ccnc(Cl)n2)s1. The summed E-state index contributed by atoms with van der Waals surface area (Å²) in [4.78, 5) is 13.8. The fourth-order valence-corrected chi connectivity index (χ4v) is 3.26. The number of nitrogens with zero attached hydrogens (tertiary/aromatic N) is 3. The fraction of sp³-hybridized carbons (Fsp3) is 0.188. The van der Waals surface area contributed by atoms with Gasteiger partial charge < -0.3 is 14.8 Å². The molecule has 0 spiro atoms. The zero-order chi connectivity index (χ0) is 17.1. The van der Waals surface area contributed by atoms with E-state index in [0.29, 0.717) is 17.2 Å². The number of thiazole rings is 1. The first-order valence-corrected chi connectivity index (χ1v) is 8.25. The van der Waals surface area contributed by atoms with Crippen LogP contribution in [0.5, 0.6) is 11.5 Å². The lowest BCUT2D eigenvalue weighted by atomic mass is 10.1. The van der Waals surface area contributed by atoms with Crippen LogP contribution in [-0.4, -0.2) is 36.2 Å². The third-order valence-electron chi connectivity index (χ3n) is 3.32. The second kappa shape index (κ2) is 7.02. The number of ether oxygens (including phenoxy) is 2. The van der Waals surface area contributed by atoms with E-state index in [9.17, 15) is 0 Å². The summed E-state index contributed by atoms with van der Waals surface area (Å²) in [5.74, 6) is 1.38. The molecule has 1 N–H and O–H groups in total. The van der Waals surface area contributed by atoms with Crippen molar-refractivity contribution in [2.24, 2.45) is 0 Å². The predicted molar refractivity (Wildman–Crippen MR) is 96.2 cm³/mol. The normalized spacial score (nSPS) is 10.5. The Morgan fingerprint density at radius 2 is 1.79 bits per heavy atom. The molecule has 2 aromatic heterocycles. The third kappa shape index (κ3) is 3.27. The van der Waals surface area contributed by atoms with E-state index in [2.05, 4.69) is 20.3 Å². The summed E-state index contributed by atoms with van der Waals surface area (Å²) in [6.45, 7) is 0. The Kier molecular flexibility index (Phi) is 4.82. The molecule has 1 aromatic carbocycles. The molecule has 0 fully saturated rings. The third-order valence-corrected chi connectivity index (χ3v) is 4.60. The van der Waals surface area contributed by atoms with E-state index in [-0.39, 0.29) is 5.28 Å². The van der Waals surface area contributed by atoms with Gasteiger partial charge in [0.1, 0.15) is 11.5 Å². The molecule has 0 aliphatic carbocycles. The lowest BCUT2D eigenvalue weighted by Crippen LogP contribution is -1.91. The summed E-state index contributed by atoms with van der Waals surface area (Å²) in [5.41, 5.74) is 2.36. The van der Waals surface area contributed by atoms with Gasteiger partial charge in [0.2, 0.25) is 5.28 Å². The molecular formula is C16H15ClN4O2S. The second-order valence-electron chi connectivity index (χ2n) is 4.76. The number of anilines is 1. The molecule has 3 aromatic rings. The molecule has 6 nitrogen and oxygen atoms in total. The summed E-state index contributed by atoms with van der Waals surface area (Å²) >= 11 is 7.43. The number of nitrogens with one attached hydrogen (secondary N) is 1. The maximum atomic E-state index is 5.94. The van der Waals surface area contributed by atoms with Gasteiger partial charge in [0.15, 0.2) is 5.13 Å². The molecule has 3 rings (SSSR count). The van der Waals surface area contributed by atoms with Crippen molar-refractivity contribution in [1.82, 2.24) is 15.0 Å². The first-order valence-electron chi connectivity index (χ1n) is 7.05. The Balaban J connectivity index is 2.19. The molecule has 124 valence electrons. The molecule has 0 aliphatic rings. The van der Waals surface area contributed by atoms with E-state index < -0.39 is 0 Å². The lowest BCUT2D eigenvalue weighted by molar-refractivity contribution is 0.394. The number of methoxy groups -OCH3 is 2. The highest BCUT2D eigenvalue weighted by atomic mass is 35.5. The van der Waals surface area contributed by atoms with Crippen molar-refractivity contribution in [3.8, 4) is 33.3 Å². The average Bonchev–Trinajstić information content (AvgIpc) is 3.05. The van der Waals surface area contributed by atoms with Gasteiger partial charge in [0.25, 0.3) is 0 Å². The van der Waals surface area contributed by atoms with Gasteiger partial charge in [0, 0.05) is 24.9 Å². The molecule has 0 radical (unpaired) electrons. The Labute approximate surface area is 148 Å². The zero-order valence-electron chi connectivity index (χ0n) is 13.3. The molecule has 0 atom stereocenters. The lowest BCUT2D eigenvalue weighted by Gasteiger charge is -2.08. The van der Waals surface area contributed by atoms with Crippen molar-refractivity contribution < 1.29 is 9.47 Å². The predicted octanol–water partition coefficient (Wildman–Crippen LogP) is 3.98. The van der Waals surface area contributed by atoms with E-state index in [1.807, 2.05) is 25.2 Å². The van der Waals surface area contributed by atoms with Crippen molar-refractivity contribution in [3.63, 3.8) is 0 Å². The molecule has 0 amide bonds. The number of hydrogen-bond donors (Lipinski definition) is 1. The molecule has 0 aliphatic heterocycles. The largest absolute Gasteiger partial charge is 0.497 e. The molecule has 24 heavy (non-hydrogen) atoms. The maximum absolute atomic E-state index is 5.94. The van der Waals surface area contributed by atoms with Crippen LogP contribution in [0.3, 0.4) is 0 Å². The summed E-state index contributed by atoms with van der Waals surface area (Å²) in [6.07, 6.45) is 1.62. The van der Waals surface area contributed by atoms with Crippen molar-refractivity contribution in [1.29, 1.82) is 0 Å². The van der Waals surface area contributed by atoms with Crippen molar-refractivity contribution >= 4 is 28.1 Å². The van der Waals surface area contributed by atoms with Crippen LogP contribution in [0.2, 0.25) is 5.28 Å². The summed E-state index contributed by atoms with van der Waals surface area (Å²) < 4.78 is 10.7. The van der Waals surface area contributed by atoms with E-state index in [4.69, 9.17) is 21.1 Å². The van der Waals surface area contributed by atoms with Crippen molar-refractivity contribution in [2.75, 3.05) is 26.6 Å². The summed E-state index contributed by atoms with van der Waals surface area (Å²) in [7, 11) is 5.05. The Hall–Kier alpha value is -2.38.